The Morgan fingerprint density at radius 2 is 2.17 bits per heavy atom. The summed E-state index contributed by atoms with van der Waals surface area (Å²) in [6.07, 6.45) is 0.914. The van der Waals surface area contributed by atoms with Crippen molar-refractivity contribution < 1.29 is 14.3 Å². The molecule has 1 atom stereocenters. The number of hydrogen-bond acceptors (Lipinski definition) is 3. The number of urea groups is 1. The Kier molecular flexibility index (Phi) is 3.92. The van der Waals surface area contributed by atoms with Crippen LogP contribution in [0.25, 0.3) is 0 Å². The molecule has 2 amide bonds. The van der Waals surface area contributed by atoms with E-state index in [1.807, 2.05) is 32.0 Å². The lowest BCUT2D eigenvalue weighted by Crippen LogP contribution is -2.40. The molecule has 0 radical (unpaired) electrons. The van der Waals surface area contributed by atoms with Crippen LogP contribution in [0.5, 0.6) is 11.5 Å². The highest BCUT2D eigenvalue weighted by molar-refractivity contribution is 5.74. The highest BCUT2D eigenvalue weighted by Gasteiger charge is 2.13. The first-order valence-electron chi connectivity index (χ1n) is 6.12. The highest BCUT2D eigenvalue weighted by Crippen LogP contribution is 2.32. The molecule has 2 N–H and O–H groups in total. The average Bonchev–Trinajstić information content (AvgIpc) is 2.83. The minimum absolute atomic E-state index is 0.151. The monoisotopic (exact) mass is 250 g/mol. The highest BCUT2D eigenvalue weighted by atomic mass is 16.7. The maximum Gasteiger partial charge on any atom is 0.315 e. The number of nitrogens with one attached hydrogen (secondary N) is 2. The smallest absolute Gasteiger partial charge is 0.315 e. The van der Waals surface area contributed by atoms with E-state index in [0.717, 1.165) is 23.5 Å². The number of benzene rings is 1. The molecule has 1 aromatic carbocycles. The third kappa shape index (κ3) is 3.06. The maximum atomic E-state index is 11.5. The van der Waals surface area contributed by atoms with E-state index in [0.29, 0.717) is 6.54 Å². The quantitative estimate of drug-likeness (QED) is 0.859. The van der Waals surface area contributed by atoms with Gasteiger partial charge in [0, 0.05) is 12.6 Å². The van der Waals surface area contributed by atoms with Crippen LogP contribution in [0, 0.1) is 0 Å². The molecule has 18 heavy (non-hydrogen) atoms. The summed E-state index contributed by atoms with van der Waals surface area (Å²) >= 11 is 0. The van der Waals surface area contributed by atoms with Crippen molar-refractivity contribution in [3.63, 3.8) is 0 Å². The van der Waals surface area contributed by atoms with Crippen molar-refractivity contribution in [2.45, 2.75) is 32.9 Å². The minimum atomic E-state index is -0.151. The Bertz CT molecular complexity index is 434. The van der Waals surface area contributed by atoms with Crippen LogP contribution in [0.4, 0.5) is 4.79 Å². The number of carbonyl (C=O) groups excluding carboxylic acids is 1. The van der Waals surface area contributed by atoms with Crippen LogP contribution in [0.1, 0.15) is 25.8 Å². The summed E-state index contributed by atoms with van der Waals surface area (Å²) < 4.78 is 10.5. The fourth-order valence-electron chi connectivity index (χ4n) is 1.61. The van der Waals surface area contributed by atoms with Crippen LogP contribution in [-0.2, 0) is 6.54 Å². The van der Waals surface area contributed by atoms with Gasteiger partial charge in [0.1, 0.15) is 0 Å². The second-order valence-corrected chi connectivity index (χ2v) is 4.32. The molecule has 1 heterocycles. The standard InChI is InChI=1S/C13H18N2O3/c1-3-9(2)15-13(16)14-7-10-4-5-11-12(6-10)18-8-17-11/h4-6,9H,3,7-8H2,1-2H3,(H2,14,15,16)/t9-/m0/s1. The van der Waals surface area contributed by atoms with Crippen molar-refractivity contribution in [2.24, 2.45) is 0 Å². The van der Waals surface area contributed by atoms with Gasteiger partial charge in [0.2, 0.25) is 6.79 Å². The molecule has 1 aliphatic rings. The summed E-state index contributed by atoms with van der Waals surface area (Å²) in [6.45, 7) is 4.74. The van der Waals surface area contributed by atoms with Crippen molar-refractivity contribution in [1.29, 1.82) is 0 Å². The van der Waals surface area contributed by atoms with E-state index >= 15 is 0 Å². The van der Waals surface area contributed by atoms with E-state index in [9.17, 15) is 4.79 Å². The molecule has 1 aromatic rings. The first-order valence-corrected chi connectivity index (χ1v) is 6.12. The maximum absolute atomic E-state index is 11.5. The zero-order chi connectivity index (χ0) is 13.0. The van der Waals surface area contributed by atoms with Gasteiger partial charge in [-0.1, -0.05) is 13.0 Å². The molecular weight excluding hydrogens is 232 g/mol. The fourth-order valence-corrected chi connectivity index (χ4v) is 1.61. The molecule has 1 aliphatic heterocycles. The Balaban J connectivity index is 1.85. The summed E-state index contributed by atoms with van der Waals surface area (Å²) in [5, 5.41) is 5.66. The van der Waals surface area contributed by atoms with E-state index in [2.05, 4.69) is 10.6 Å². The van der Waals surface area contributed by atoms with Gasteiger partial charge in [0.15, 0.2) is 11.5 Å². The molecule has 5 heteroatoms. The predicted octanol–water partition coefficient (Wildman–Crippen LogP) is 2.01. The molecule has 0 aliphatic carbocycles. The van der Waals surface area contributed by atoms with Gasteiger partial charge in [-0.2, -0.15) is 0 Å². The molecule has 0 saturated carbocycles. The third-order valence-corrected chi connectivity index (χ3v) is 2.88. The van der Waals surface area contributed by atoms with E-state index in [4.69, 9.17) is 9.47 Å². The van der Waals surface area contributed by atoms with Crippen LogP contribution >= 0.6 is 0 Å². The molecule has 0 spiro atoms. The van der Waals surface area contributed by atoms with Crippen molar-refractivity contribution in [3.8, 4) is 11.5 Å². The van der Waals surface area contributed by atoms with Gasteiger partial charge in [0.05, 0.1) is 0 Å². The predicted molar refractivity (Wildman–Crippen MR) is 67.7 cm³/mol. The Morgan fingerprint density at radius 1 is 1.39 bits per heavy atom. The second-order valence-electron chi connectivity index (χ2n) is 4.32. The van der Waals surface area contributed by atoms with Crippen molar-refractivity contribution >= 4 is 6.03 Å². The number of rotatable bonds is 4. The van der Waals surface area contributed by atoms with E-state index in [1.165, 1.54) is 0 Å². The topological polar surface area (TPSA) is 59.6 Å². The minimum Gasteiger partial charge on any atom is -0.454 e. The lowest BCUT2D eigenvalue weighted by molar-refractivity contribution is 0.174. The molecule has 0 unspecified atom stereocenters. The third-order valence-electron chi connectivity index (χ3n) is 2.88. The first-order chi connectivity index (χ1) is 8.69. The molecule has 0 fully saturated rings. The molecule has 0 aromatic heterocycles. The van der Waals surface area contributed by atoms with Gasteiger partial charge in [-0.25, -0.2) is 4.79 Å². The number of amides is 2. The summed E-state index contributed by atoms with van der Waals surface area (Å²) in [6, 6.07) is 5.68. The van der Waals surface area contributed by atoms with Crippen molar-refractivity contribution in [3.05, 3.63) is 23.8 Å². The summed E-state index contributed by atoms with van der Waals surface area (Å²) in [7, 11) is 0. The van der Waals surface area contributed by atoms with Crippen LogP contribution in [0.15, 0.2) is 18.2 Å². The average molecular weight is 250 g/mol. The Hall–Kier alpha value is -1.91. The fraction of sp³-hybridized carbons (Fsp3) is 0.462. The van der Waals surface area contributed by atoms with Crippen LogP contribution < -0.4 is 20.1 Å². The number of carbonyl (C=O) groups is 1. The molecule has 0 bridgehead atoms. The van der Waals surface area contributed by atoms with Gasteiger partial charge < -0.3 is 20.1 Å². The van der Waals surface area contributed by atoms with Crippen LogP contribution in [0.3, 0.4) is 0 Å². The van der Waals surface area contributed by atoms with Crippen molar-refractivity contribution in [2.75, 3.05) is 6.79 Å². The van der Waals surface area contributed by atoms with Gasteiger partial charge >= 0.3 is 6.03 Å². The molecular formula is C13H18N2O3. The summed E-state index contributed by atoms with van der Waals surface area (Å²) in [4.78, 5) is 11.5. The lowest BCUT2D eigenvalue weighted by atomic mass is 10.2. The van der Waals surface area contributed by atoms with E-state index < -0.39 is 0 Å². The largest absolute Gasteiger partial charge is 0.454 e. The van der Waals surface area contributed by atoms with Crippen LogP contribution in [-0.4, -0.2) is 18.9 Å². The Morgan fingerprint density at radius 3 is 2.94 bits per heavy atom. The molecule has 98 valence electrons. The second kappa shape index (κ2) is 5.62. The normalized spacial score (nSPS) is 14.1. The first kappa shape index (κ1) is 12.5. The zero-order valence-corrected chi connectivity index (χ0v) is 10.7. The van der Waals surface area contributed by atoms with Gasteiger partial charge in [0.25, 0.3) is 0 Å². The lowest BCUT2D eigenvalue weighted by Gasteiger charge is -2.12. The summed E-state index contributed by atoms with van der Waals surface area (Å²) in [5.41, 5.74) is 0.985. The van der Waals surface area contributed by atoms with Gasteiger partial charge in [-0.3, -0.25) is 0 Å². The number of hydrogen-bond donors (Lipinski definition) is 2. The zero-order valence-electron chi connectivity index (χ0n) is 10.7. The number of ether oxygens (including phenoxy) is 2. The molecule has 5 nitrogen and oxygen atoms in total. The number of fused-ring (bicyclic) bond motifs is 1. The van der Waals surface area contributed by atoms with E-state index in [-0.39, 0.29) is 18.9 Å². The van der Waals surface area contributed by atoms with Crippen LogP contribution in [0.2, 0.25) is 0 Å². The van der Waals surface area contributed by atoms with E-state index in [1.54, 1.807) is 0 Å². The SMILES string of the molecule is CC[C@H](C)NC(=O)NCc1ccc2c(c1)OCO2. The van der Waals surface area contributed by atoms with Gasteiger partial charge in [-0.15, -0.1) is 0 Å². The molecule has 2 rings (SSSR count). The summed E-state index contributed by atoms with van der Waals surface area (Å²) in [5.74, 6) is 1.49. The van der Waals surface area contributed by atoms with Crippen molar-refractivity contribution in [1.82, 2.24) is 10.6 Å². The van der Waals surface area contributed by atoms with Gasteiger partial charge in [-0.05, 0) is 31.0 Å². The molecule has 0 saturated heterocycles. The Labute approximate surface area is 106 Å².